The molecule has 0 unspecified atom stereocenters. The molecule has 2 nitrogen and oxygen atoms in total. The van der Waals surface area contributed by atoms with E-state index < -0.39 is 0 Å². The lowest BCUT2D eigenvalue weighted by Gasteiger charge is -2.34. The molecule has 1 heterocycles. The SMILES string of the molecule is CC(C)C[C@@H](N[C@H](C)c1ccccc1)c1ccccc1N1CCCCC1. The van der Waals surface area contributed by atoms with E-state index in [1.54, 1.807) is 0 Å². The molecule has 0 amide bonds. The molecule has 0 spiro atoms. The average Bonchev–Trinajstić information content (AvgIpc) is 2.68. The van der Waals surface area contributed by atoms with Crippen LogP contribution in [0.25, 0.3) is 0 Å². The van der Waals surface area contributed by atoms with Crippen molar-refractivity contribution in [3.05, 3.63) is 65.7 Å². The van der Waals surface area contributed by atoms with Gasteiger partial charge in [0.05, 0.1) is 0 Å². The van der Waals surface area contributed by atoms with Crippen LogP contribution in [-0.4, -0.2) is 13.1 Å². The minimum Gasteiger partial charge on any atom is -0.371 e. The highest BCUT2D eigenvalue weighted by atomic mass is 15.1. The fourth-order valence-corrected chi connectivity index (χ4v) is 4.10. The third-order valence-corrected chi connectivity index (χ3v) is 5.47. The van der Waals surface area contributed by atoms with Gasteiger partial charge >= 0.3 is 0 Å². The standard InChI is InChI=1S/C24H34N2/c1-19(2)18-23(25-20(3)21-12-6-4-7-13-21)22-14-8-9-15-24(22)26-16-10-5-11-17-26/h4,6-9,12-15,19-20,23,25H,5,10-11,16-18H2,1-3H3/t20-,23-/m1/s1. The fourth-order valence-electron chi connectivity index (χ4n) is 4.10. The number of nitrogens with zero attached hydrogens (tertiary/aromatic N) is 1. The van der Waals surface area contributed by atoms with E-state index in [2.05, 4.69) is 85.6 Å². The second-order valence-corrected chi connectivity index (χ2v) is 8.09. The summed E-state index contributed by atoms with van der Waals surface area (Å²) in [5.74, 6) is 0.657. The summed E-state index contributed by atoms with van der Waals surface area (Å²) >= 11 is 0. The van der Waals surface area contributed by atoms with Gasteiger partial charge in [-0.2, -0.15) is 0 Å². The predicted molar refractivity (Wildman–Crippen MR) is 113 cm³/mol. The topological polar surface area (TPSA) is 15.3 Å². The maximum Gasteiger partial charge on any atom is 0.0414 e. The Kier molecular flexibility index (Phi) is 6.73. The van der Waals surface area contributed by atoms with E-state index in [0.29, 0.717) is 18.0 Å². The number of rotatable bonds is 7. The summed E-state index contributed by atoms with van der Waals surface area (Å²) in [7, 11) is 0. The molecule has 2 aromatic carbocycles. The van der Waals surface area contributed by atoms with E-state index in [-0.39, 0.29) is 0 Å². The number of benzene rings is 2. The Bertz CT molecular complexity index is 659. The van der Waals surface area contributed by atoms with Crippen LogP contribution in [0.4, 0.5) is 5.69 Å². The van der Waals surface area contributed by atoms with Gasteiger partial charge in [-0.3, -0.25) is 0 Å². The molecule has 2 heteroatoms. The van der Waals surface area contributed by atoms with Crippen molar-refractivity contribution in [1.29, 1.82) is 0 Å². The number of anilines is 1. The molecule has 1 fully saturated rings. The van der Waals surface area contributed by atoms with Crippen LogP contribution in [-0.2, 0) is 0 Å². The molecule has 0 aromatic heterocycles. The van der Waals surface area contributed by atoms with Crippen molar-refractivity contribution in [2.24, 2.45) is 5.92 Å². The Balaban J connectivity index is 1.85. The number of nitrogens with one attached hydrogen (secondary N) is 1. The zero-order valence-corrected chi connectivity index (χ0v) is 16.6. The summed E-state index contributed by atoms with van der Waals surface area (Å²) in [5, 5.41) is 3.93. The molecule has 2 atom stereocenters. The fraction of sp³-hybridized carbons (Fsp3) is 0.500. The molecule has 0 bridgehead atoms. The first-order chi connectivity index (χ1) is 12.6. The smallest absolute Gasteiger partial charge is 0.0414 e. The van der Waals surface area contributed by atoms with Gasteiger partial charge in [0.2, 0.25) is 0 Å². The largest absolute Gasteiger partial charge is 0.371 e. The van der Waals surface area contributed by atoms with E-state index in [0.717, 1.165) is 6.42 Å². The van der Waals surface area contributed by atoms with Crippen molar-refractivity contribution in [2.75, 3.05) is 18.0 Å². The lowest BCUT2D eigenvalue weighted by molar-refractivity contribution is 0.393. The van der Waals surface area contributed by atoms with Crippen LogP contribution in [0.1, 0.15) is 69.7 Å². The molecule has 1 aliphatic heterocycles. The van der Waals surface area contributed by atoms with E-state index >= 15 is 0 Å². The molecule has 140 valence electrons. The van der Waals surface area contributed by atoms with Gasteiger partial charge in [0, 0.05) is 30.9 Å². The molecule has 0 saturated carbocycles. The number of piperidine rings is 1. The van der Waals surface area contributed by atoms with Crippen molar-refractivity contribution < 1.29 is 0 Å². The van der Waals surface area contributed by atoms with Crippen molar-refractivity contribution in [2.45, 2.75) is 58.5 Å². The van der Waals surface area contributed by atoms with Gasteiger partial charge in [0.15, 0.2) is 0 Å². The first kappa shape index (κ1) is 19.0. The third kappa shape index (κ3) is 4.88. The summed E-state index contributed by atoms with van der Waals surface area (Å²) in [6.45, 7) is 9.32. The van der Waals surface area contributed by atoms with Crippen molar-refractivity contribution in [1.82, 2.24) is 5.32 Å². The van der Waals surface area contributed by atoms with Gasteiger partial charge in [0.1, 0.15) is 0 Å². The highest BCUT2D eigenvalue weighted by molar-refractivity contribution is 5.55. The summed E-state index contributed by atoms with van der Waals surface area (Å²) < 4.78 is 0. The van der Waals surface area contributed by atoms with Gasteiger partial charge < -0.3 is 10.2 Å². The molecule has 0 radical (unpaired) electrons. The van der Waals surface area contributed by atoms with E-state index in [9.17, 15) is 0 Å². The first-order valence-electron chi connectivity index (χ1n) is 10.3. The van der Waals surface area contributed by atoms with Crippen LogP contribution in [0.15, 0.2) is 54.6 Å². The molecule has 1 saturated heterocycles. The second-order valence-electron chi connectivity index (χ2n) is 8.09. The summed E-state index contributed by atoms with van der Waals surface area (Å²) in [5.41, 5.74) is 4.26. The highest BCUT2D eigenvalue weighted by Crippen LogP contribution is 2.33. The van der Waals surface area contributed by atoms with E-state index in [1.165, 1.54) is 49.2 Å². The van der Waals surface area contributed by atoms with Crippen molar-refractivity contribution in [3.63, 3.8) is 0 Å². The molecule has 0 aliphatic carbocycles. The molecule has 1 N–H and O–H groups in total. The van der Waals surface area contributed by atoms with Crippen molar-refractivity contribution in [3.8, 4) is 0 Å². The Labute approximate surface area is 159 Å². The minimum atomic E-state index is 0.342. The molecule has 3 rings (SSSR count). The van der Waals surface area contributed by atoms with Gasteiger partial charge in [-0.05, 0) is 55.7 Å². The van der Waals surface area contributed by atoms with Crippen LogP contribution in [0, 0.1) is 5.92 Å². The summed E-state index contributed by atoms with van der Waals surface area (Å²) in [4.78, 5) is 2.60. The van der Waals surface area contributed by atoms with Crippen LogP contribution in [0.3, 0.4) is 0 Å². The van der Waals surface area contributed by atoms with Crippen LogP contribution in [0.2, 0.25) is 0 Å². The Morgan fingerprint density at radius 1 is 0.846 bits per heavy atom. The minimum absolute atomic E-state index is 0.342. The third-order valence-electron chi connectivity index (χ3n) is 5.47. The molecule has 2 aromatic rings. The first-order valence-corrected chi connectivity index (χ1v) is 10.3. The molecule has 26 heavy (non-hydrogen) atoms. The van der Waals surface area contributed by atoms with Gasteiger partial charge in [-0.25, -0.2) is 0 Å². The lowest BCUT2D eigenvalue weighted by Crippen LogP contribution is -2.33. The second kappa shape index (κ2) is 9.23. The molecular weight excluding hydrogens is 316 g/mol. The Hall–Kier alpha value is -1.80. The quantitative estimate of drug-likeness (QED) is 0.647. The molecular formula is C24H34N2. The Morgan fingerprint density at radius 2 is 1.50 bits per heavy atom. The highest BCUT2D eigenvalue weighted by Gasteiger charge is 2.22. The normalized spacial score (nSPS) is 17.3. The van der Waals surface area contributed by atoms with Crippen LogP contribution < -0.4 is 10.2 Å². The van der Waals surface area contributed by atoms with Crippen LogP contribution in [0.5, 0.6) is 0 Å². The monoisotopic (exact) mass is 350 g/mol. The number of hydrogen-bond acceptors (Lipinski definition) is 2. The van der Waals surface area contributed by atoms with Gasteiger partial charge in [-0.15, -0.1) is 0 Å². The maximum atomic E-state index is 3.93. The summed E-state index contributed by atoms with van der Waals surface area (Å²) in [6, 6.07) is 20.6. The Morgan fingerprint density at radius 3 is 2.19 bits per heavy atom. The maximum absolute atomic E-state index is 3.93. The molecule has 1 aliphatic rings. The zero-order valence-electron chi connectivity index (χ0n) is 16.6. The number of para-hydroxylation sites is 1. The van der Waals surface area contributed by atoms with Gasteiger partial charge in [-0.1, -0.05) is 62.4 Å². The number of hydrogen-bond donors (Lipinski definition) is 1. The van der Waals surface area contributed by atoms with Crippen molar-refractivity contribution >= 4 is 5.69 Å². The van der Waals surface area contributed by atoms with E-state index in [4.69, 9.17) is 0 Å². The average molecular weight is 351 g/mol. The van der Waals surface area contributed by atoms with Gasteiger partial charge in [0.25, 0.3) is 0 Å². The predicted octanol–water partition coefficient (Wildman–Crippen LogP) is 6.11. The lowest BCUT2D eigenvalue weighted by atomic mass is 9.93. The zero-order chi connectivity index (χ0) is 18.4. The van der Waals surface area contributed by atoms with E-state index in [1.807, 2.05) is 0 Å². The summed E-state index contributed by atoms with van der Waals surface area (Å²) in [6.07, 6.45) is 5.16. The van der Waals surface area contributed by atoms with Crippen LogP contribution >= 0.6 is 0 Å².